The molecule has 0 radical (unpaired) electrons. The molecule has 1 aromatic heterocycles. The number of rotatable bonds is 10. The fraction of sp³-hybridized carbons (Fsp3) is 0.156. The predicted molar refractivity (Wildman–Crippen MR) is 155 cm³/mol. The number of ketones is 1. The number of benzene rings is 3. The minimum Gasteiger partial charge on any atom is -0.496 e. The Kier molecular flexibility index (Phi) is 9.55. The number of halogens is 3. The minimum atomic E-state index is -4.70. The second-order valence-electron chi connectivity index (χ2n) is 8.84. The summed E-state index contributed by atoms with van der Waals surface area (Å²) in [6, 6.07) is 21.4. The number of aromatic nitrogens is 1. The van der Waals surface area contributed by atoms with E-state index < -0.39 is 11.9 Å². The lowest BCUT2D eigenvalue weighted by Gasteiger charge is -2.15. The second kappa shape index (κ2) is 13.3. The molecule has 0 spiro atoms. The average Bonchev–Trinajstić information content (AvgIpc) is 3.01. The van der Waals surface area contributed by atoms with Crippen molar-refractivity contribution in [1.29, 1.82) is 5.26 Å². The maximum Gasteiger partial charge on any atom is 0.433 e. The minimum absolute atomic E-state index is 0.0437. The van der Waals surface area contributed by atoms with E-state index in [9.17, 15) is 23.2 Å². The normalized spacial score (nSPS) is 11.3. The standard InChI is InChI=1S/C32H25F3N2O4S/c1-39-27-13-10-20(9-12-26(38)22-11-14-28(40-2)29(16-22)41-3)15-23(27)19-42-31-25(18-36)24(21-7-5-4-6-8-21)17-30(37-31)32(33,34)35/h4-17H,19H2,1-3H3/b12-9+. The maximum atomic E-state index is 13.8. The van der Waals surface area contributed by atoms with Gasteiger partial charge in [0, 0.05) is 22.4 Å². The van der Waals surface area contributed by atoms with Crippen LogP contribution in [-0.2, 0) is 11.9 Å². The number of carbonyl (C=O) groups is 1. The van der Waals surface area contributed by atoms with E-state index in [0.717, 1.165) is 17.8 Å². The first kappa shape index (κ1) is 30.2. The quantitative estimate of drug-likeness (QED) is 0.106. The number of hydrogen-bond donors (Lipinski definition) is 0. The van der Waals surface area contributed by atoms with Crippen molar-refractivity contribution < 1.29 is 32.2 Å². The van der Waals surface area contributed by atoms with Crippen LogP contribution in [-0.4, -0.2) is 32.1 Å². The van der Waals surface area contributed by atoms with Crippen LogP contribution in [0, 0.1) is 11.3 Å². The molecule has 0 atom stereocenters. The lowest BCUT2D eigenvalue weighted by Crippen LogP contribution is -2.10. The van der Waals surface area contributed by atoms with Gasteiger partial charge in [-0.25, -0.2) is 4.98 Å². The molecule has 10 heteroatoms. The van der Waals surface area contributed by atoms with Crippen LogP contribution >= 0.6 is 11.8 Å². The van der Waals surface area contributed by atoms with Gasteiger partial charge in [0.1, 0.15) is 22.5 Å². The maximum absolute atomic E-state index is 13.8. The van der Waals surface area contributed by atoms with Gasteiger partial charge in [0.25, 0.3) is 0 Å². The topological polar surface area (TPSA) is 81.4 Å². The average molecular weight is 591 g/mol. The predicted octanol–water partition coefficient (Wildman–Crippen LogP) is 7.85. The van der Waals surface area contributed by atoms with E-state index in [1.54, 1.807) is 72.8 Å². The number of ether oxygens (including phenoxy) is 3. The van der Waals surface area contributed by atoms with Crippen molar-refractivity contribution in [2.75, 3.05) is 21.3 Å². The smallest absolute Gasteiger partial charge is 0.433 e. The zero-order valence-corrected chi connectivity index (χ0v) is 23.7. The van der Waals surface area contributed by atoms with Crippen LogP contribution in [0.5, 0.6) is 17.2 Å². The third-order valence-corrected chi connectivity index (χ3v) is 7.26. The van der Waals surface area contributed by atoms with Crippen molar-refractivity contribution in [3.05, 3.63) is 107 Å². The third kappa shape index (κ3) is 6.93. The van der Waals surface area contributed by atoms with Crippen LogP contribution in [0.4, 0.5) is 13.2 Å². The largest absolute Gasteiger partial charge is 0.496 e. The van der Waals surface area contributed by atoms with Gasteiger partial charge in [0.05, 0.1) is 26.9 Å². The first-order valence-electron chi connectivity index (χ1n) is 12.5. The summed E-state index contributed by atoms with van der Waals surface area (Å²) in [7, 11) is 4.47. The summed E-state index contributed by atoms with van der Waals surface area (Å²) in [6.45, 7) is 0. The Hall–Kier alpha value is -4.75. The highest BCUT2D eigenvalue weighted by atomic mass is 32.2. The molecule has 6 nitrogen and oxygen atoms in total. The van der Waals surface area contributed by atoms with Crippen LogP contribution < -0.4 is 14.2 Å². The van der Waals surface area contributed by atoms with Crippen molar-refractivity contribution in [1.82, 2.24) is 4.98 Å². The molecule has 0 saturated heterocycles. The molecule has 0 amide bonds. The Bertz CT molecular complexity index is 1670. The highest BCUT2D eigenvalue weighted by molar-refractivity contribution is 7.98. The van der Waals surface area contributed by atoms with E-state index in [1.165, 1.54) is 27.4 Å². The van der Waals surface area contributed by atoms with Gasteiger partial charge >= 0.3 is 6.18 Å². The zero-order valence-electron chi connectivity index (χ0n) is 22.9. The summed E-state index contributed by atoms with van der Waals surface area (Å²) >= 11 is 1.00. The van der Waals surface area contributed by atoms with Gasteiger partial charge in [-0.2, -0.15) is 18.4 Å². The Labute approximate surface area is 245 Å². The van der Waals surface area contributed by atoms with Gasteiger partial charge in [-0.05, 0) is 53.6 Å². The molecule has 4 rings (SSSR count). The molecule has 42 heavy (non-hydrogen) atoms. The summed E-state index contributed by atoms with van der Waals surface area (Å²) in [5, 5.41) is 9.87. The number of pyridine rings is 1. The van der Waals surface area contributed by atoms with Gasteiger partial charge in [0.2, 0.25) is 0 Å². The van der Waals surface area contributed by atoms with Crippen molar-refractivity contribution in [2.45, 2.75) is 17.0 Å². The number of allylic oxidation sites excluding steroid dienone is 1. The molecule has 1 heterocycles. The molecule has 0 N–H and O–H groups in total. The summed E-state index contributed by atoms with van der Waals surface area (Å²) in [5.74, 6) is 1.32. The van der Waals surface area contributed by atoms with Gasteiger partial charge in [0.15, 0.2) is 17.3 Å². The number of carbonyl (C=O) groups excluding carboxylic acids is 1. The van der Waals surface area contributed by atoms with Gasteiger partial charge in [-0.3, -0.25) is 4.79 Å². The lowest BCUT2D eigenvalue weighted by atomic mass is 10.0. The molecule has 0 bridgehead atoms. The van der Waals surface area contributed by atoms with Crippen LogP contribution in [0.3, 0.4) is 0 Å². The number of nitriles is 1. The third-order valence-electron chi connectivity index (χ3n) is 6.24. The fourth-order valence-corrected chi connectivity index (χ4v) is 5.12. The summed E-state index contributed by atoms with van der Waals surface area (Å²) in [6.07, 6.45) is -1.66. The highest BCUT2D eigenvalue weighted by Gasteiger charge is 2.34. The van der Waals surface area contributed by atoms with E-state index in [1.807, 2.05) is 6.07 Å². The van der Waals surface area contributed by atoms with Gasteiger partial charge < -0.3 is 14.2 Å². The van der Waals surface area contributed by atoms with E-state index in [4.69, 9.17) is 14.2 Å². The molecule has 4 aromatic rings. The molecule has 214 valence electrons. The Morgan fingerprint density at radius 3 is 2.26 bits per heavy atom. The van der Waals surface area contributed by atoms with Gasteiger partial charge in [-0.1, -0.05) is 42.5 Å². The van der Waals surface area contributed by atoms with Crippen molar-refractivity contribution >= 4 is 23.6 Å². The van der Waals surface area contributed by atoms with E-state index in [0.29, 0.717) is 39.5 Å². The molecule has 0 fully saturated rings. The lowest BCUT2D eigenvalue weighted by molar-refractivity contribution is -0.141. The number of nitrogens with zero attached hydrogens (tertiary/aromatic N) is 2. The molecule has 0 saturated carbocycles. The molecular weight excluding hydrogens is 565 g/mol. The van der Waals surface area contributed by atoms with Crippen molar-refractivity contribution in [2.24, 2.45) is 0 Å². The molecule has 0 unspecified atom stereocenters. The first-order chi connectivity index (χ1) is 20.2. The molecule has 0 aliphatic heterocycles. The molecule has 3 aromatic carbocycles. The summed E-state index contributed by atoms with van der Waals surface area (Å²) < 4.78 is 57.2. The summed E-state index contributed by atoms with van der Waals surface area (Å²) in [4.78, 5) is 16.6. The molecule has 0 aliphatic carbocycles. The van der Waals surface area contributed by atoms with Crippen molar-refractivity contribution in [3.63, 3.8) is 0 Å². The number of hydrogen-bond acceptors (Lipinski definition) is 7. The number of alkyl halides is 3. The van der Waals surface area contributed by atoms with E-state index in [-0.39, 0.29) is 27.7 Å². The monoisotopic (exact) mass is 590 g/mol. The van der Waals surface area contributed by atoms with Crippen LogP contribution in [0.25, 0.3) is 17.2 Å². The van der Waals surface area contributed by atoms with Crippen LogP contribution in [0.15, 0.2) is 83.9 Å². The molecule has 0 aliphatic rings. The highest BCUT2D eigenvalue weighted by Crippen LogP contribution is 2.38. The van der Waals surface area contributed by atoms with E-state index >= 15 is 0 Å². The van der Waals surface area contributed by atoms with Crippen molar-refractivity contribution in [3.8, 4) is 34.4 Å². The van der Waals surface area contributed by atoms with Crippen LogP contribution in [0.2, 0.25) is 0 Å². The fourth-order valence-electron chi connectivity index (χ4n) is 4.14. The first-order valence-corrected chi connectivity index (χ1v) is 13.5. The Balaban J connectivity index is 1.63. The Morgan fingerprint density at radius 1 is 0.929 bits per heavy atom. The zero-order chi connectivity index (χ0) is 30.3. The van der Waals surface area contributed by atoms with Gasteiger partial charge in [-0.15, -0.1) is 11.8 Å². The SMILES string of the molecule is COc1ccc(/C=C/C(=O)c2ccc(OC)c(OC)c2)cc1CSc1nc(C(F)(F)F)cc(-c2ccccc2)c1C#N. The van der Waals surface area contributed by atoms with E-state index in [2.05, 4.69) is 4.98 Å². The number of thioether (sulfide) groups is 1. The summed E-state index contributed by atoms with van der Waals surface area (Å²) in [5.41, 5.74) is 1.32. The number of methoxy groups -OCH3 is 3. The Morgan fingerprint density at radius 2 is 1.62 bits per heavy atom. The second-order valence-corrected chi connectivity index (χ2v) is 9.80. The van der Waals surface area contributed by atoms with Crippen LogP contribution in [0.1, 0.15) is 32.7 Å². The molecular formula is C32H25F3N2O4S.